The Hall–Kier alpha value is -1.35. The number of nitrogens with zero attached hydrogens (tertiary/aromatic N) is 1. The third kappa shape index (κ3) is 2.20. The number of para-hydroxylation sites is 2. The Labute approximate surface area is 101 Å². The zero-order valence-electron chi connectivity index (χ0n) is 10.1. The topological polar surface area (TPSA) is 37.9 Å². The highest BCUT2D eigenvalue weighted by molar-refractivity contribution is 5.74. The summed E-state index contributed by atoms with van der Waals surface area (Å²) in [6, 6.07) is 8.19. The zero-order chi connectivity index (χ0) is 11.7. The van der Waals surface area contributed by atoms with Crippen LogP contribution in [0.5, 0.6) is 0 Å². The highest BCUT2D eigenvalue weighted by Crippen LogP contribution is 2.26. The molecule has 0 aliphatic carbocycles. The van der Waals surface area contributed by atoms with E-state index in [2.05, 4.69) is 23.0 Å². The highest BCUT2D eigenvalue weighted by Gasteiger charge is 2.20. The lowest BCUT2D eigenvalue weighted by Gasteiger charge is -2.13. The Bertz CT molecular complexity index is 467. The summed E-state index contributed by atoms with van der Waals surface area (Å²) in [6.45, 7) is 3.15. The van der Waals surface area contributed by atoms with Crippen LogP contribution in [0.4, 0.5) is 0 Å². The average molecular weight is 230 g/mol. The second-order valence-corrected chi connectivity index (χ2v) is 4.91. The van der Waals surface area contributed by atoms with Crippen LogP contribution in [0.15, 0.2) is 24.3 Å². The maximum absolute atomic E-state index is 5.68. The van der Waals surface area contributed by atoms with E-state index in [0.29, 0.717) is 12.0 Å². The Morgan fingerprint density at radius 1 is 1.47 bits per heavy atom. The van der Waals surface area contributed by atoms with E-state index >= 15 is 0 Å². The van der Waals surface area contributed by atoms with Gasteiger partial charge in [0.2, 0.25) is 0 Å². The van der Waals surface area contributed by atoms with E-state index in [4.69, 9.17) is 4.74 Å². The van der Waals surface area contributed by atoms with E-state index in [0.717, 1.165) is 29.9 Å². The van der Waals surface area contributed by atoms with Crippen molar-refractivity contribution in [3.8, 4) is 0 Å². The third-order valence-electron chi connectivity index (χ3n) is 3.51. The first-order valence-electron chi connectivity index (χ1n) is 6.39. The molecule has 0 saturated carbocycles. The SMILES string of the molecule is C[C@H](C[C@@H]1CCCO1)c1nc2ccccc2[nH]1. The minimum absolute atomic E-state index is 0.429. The van der Waals surface area contributed by atoms with Crippen molar-refractivity contribution in [2.24, 2.45) is 0 Å². The monoisotopic (exact) mass is 230 g/mol. The largest absolute Gasteiger partial charge is 0.378 e. The van der Waals surface area contributed by atoms with Crippen LogP contribution in [-0.2, 0) is 4.74 Å². The molecule has 90 valence electrons. The van der Waals surface area contributed by atoms with Gasteiger partial charge < -0.3 is 9.72 Å². The summed E-state index contributed by atoms with van der Waals surface area (Å²) >= 11 is 0. The van der Waals surface area contributed by atoms with Crippen molar-refractivity contribution in [2.45, 2.75) is 38.2 Å². The summed E-state index contributed by atoms with van der Waals surface area (Å²) in [5.41, 5.74) is 2.18. The van der Waals surface area contributed by atoms with Gasteiger partial charge in [0.25, 0.3) is 0 Å². The van der Waals surface area contributed by atoms with E-state index in [1.807, 2.05) is 18.2 Å². The van der Waals surface area contributed by atoms with Crippen molar-refractivity contribution >= 4 is 11.0 Å². The smallest absolute Gasteiger partial charge is 0.110 e. The van der Waals surface area contributed by atoms with Gasteiger partial charge in [0.05, 0.1) is 17.1 Å². The van der Waals surface area contributed by atoms with Crippen molar-refractivity contribution in [3.05, 3.63) is 30.1 Å². The molecule has 1 aliphatic rings. The molecular formula is C14H18N2O. The Balaban J connectivity index is 1.77. The van der Waals surface area contributed by atoms with Gasteiger partial charge in [-0.25, -0.2) is 4.98 Å². The standard InChI is InChI=1S/C14H18N2O/c1-10(9-11-5-4-8-17-11)14-15-12-6-2-3-7-13(12)16-14/h2-3,6-7,10-11H,4-5,8-9H2,1H3,(H,15,16)/t10-,11+/m1/s1. The van der Waals surface area contributed by atoms with E-state index in [1.165, 1.54) is 12.8 Å². The van der Waals surface area contributed by atoms with E-state index < -0.39 is 0 Å². The molecule has 0 radical (unpaired) electrons. The molecule has 1 fully saturated rings. The van der Waals surface area contributed by atoms with E-state index in [9.17, 15) is 0 Å². The number of rotatable bonds is 3. The number of hydrogen-bond donors (Lipinski definition) is 1. The Morgan fingerprint density at radius 3 is 3.12 bits per heavy atom. The molecule has 17 heavy (non-hydrogen) atoms. The highest BCUT2D eigenvalue weighted by atomic mass is 16.5. The molecule has 0 spiro atoms. The second-order valence-electron chi connectivity index (χ2n) is 4.91. The Morgan fingerprint density at radius 2 is 2.35 bits per heavy atom. The van der Waals surface area contributed by atoms with Gasteiger partial charge in [0.1, 0.15) is 5.82 Å². The maximum atomic E-state index is 5.68. The number of benzene rings is 1. The molecule has 1 saturated heterocycles. The number of aromatic amines is 1. The van der Waals surface area contributed by atoms with Crippen LogP contribution < -0.4 is 0 Å². The predicted octanol–water partition coefficient (Wildman–Crippen LogP) is 3.24. The molecule has 3 heteroatoms. The molecular weight excluding hydrogens is 212 g/mol. The normalized spacial score (nSPS) is 22.1. The van der Waals surface area contributed by atoms with Gasteiger partial charge in [-0.15, -0.1) is 0 Å². The van der Waals surface area contributed by atoms with Crippen LogP contribution in [0.2, 0.25) is 0 Å². The van der Waals surface area contributed by atoms with Gasteiger partial charge in [-0.05, 0) is 31.4 Å². The predicted molar refractivity (Wildman–Crippen MR) is 68.1 cm³/mol. The quantitative estimate of drug-likeness (QED) is 0.879. The van der Waals surface area contributed by atoms with Gasteiger partial charge in [-0.2, -0.15) is 0 Å². The fraction of sp³-hybridized carbons (Fsp3) is 0.500. The molecule has 0 unspecified atom stereocenters. The lowest BCUT2D eigenvalue weighted by Crippen LogP contribution is -2.10. The first kappa shape index (κ1) is 10.8. The molecule has 0 bridgehead atoms. The van der Waals surface area contributed by atoms with Gasteiger partial charge in [-0.1, -0.05) is 19.1 Å². The Kier molecular flexibility index (Phi) is 2.85. The number of ether oxygens (including phenoxy) is 1. The summed E-state index contributed by atoms with van der Waals surface area (Å²) in [4.78, 5) is 8.05. The number of imidazole rings is 1. The van der Waals surface area contributed by atoms with Crippen molar-refractivity contribution in [2.75, 3.05) is 6.61 Å². The van der Waals surface area contributed by atoms with Crippen LogP contribution in [0.3, 0.4) is 0 Å². The first-order chi connectivity index (χ1) is 8.33. The van der Waals surface area contributed by atoms with Crippen LogP contribution in [0.1, 0.15) is 37.9 Å². The summed E-state index contributed by atoms with van der Waals surface area (Å²) in [5.74, 6) is 1.52. The summed E-state index contributed by atoms with van der Waals surface area (Å²) in [6.07, 6.45) is 3.90. The van der Waals surface area contributed by atoms with Gasteiger partial charge in [0.15, 0.2) is 0 Å². The van der Waals surface area contributed by atoms with E-state index in [1.54, 1.807) is 0 Å². The average Bonchev–Trinajstić information content (AvgIpc) is 2.96. The molecule has 2 heterocycles. The fourth-order valence-electron chi connectivity index (χ4n) is 2.54. The fourth-order valence-corrected chi connectivity index (χ4v) is 2.54. The van der Waals surface area contributed by atoms with Crippen LogP contribution in [0.25, 0.3) is 11.0 Å². The minimum Gasteiger partial charge on any atom is -0.378 e. The third-order valence-corrected chi connectivity index (χ3v) is 3.51. The van der Waals surface area contributed by atoms with E-state index in [-0.39, 0.29) is 0 Å². The van der Waals surface area contributed by atoms with Crippen LogP contribution in [0, 0.1) is 0 Å². The molecule has 2 aromatic rings. The number of nitrogens with one attached hydrogen (secondary N) is 1. The molecule has 1 aromatic carbocycles. The summed E-state index contributed by atoms with van der Waals surface area (Å²) < 4.78 is 5.68. The molecule has 0 amide bonds. The molecule has 1 aromatic heterocycles. The van der Waals surface area contributed by atoms with Gasteiger partial charge >= 0.3 is 0 Å². The molecule has 2 atom stereocenters. The van der Waals surface area contributed by atoms with Crippen LogP contribution >= 0.6 is 0 Å². The lowest BCUT2D eigenvalue weighted by atomic mass is 10.0. The molecule has 1 aliphatic heterocycles. The summed E-state index contributed by atoms with van der Waals surface area (Å²) in [7, 11) is 0. The number of aromatic nitrogens is 2. The lowest BCUT2D eigenvalue weighted by molar-refractivity contribution is 0.0987. The zero-order valence-corrected chi connectivity index (χ0v) is 10.1. The summed E-state index contributed by atoms with van der Waals surface area (Å²) in [5, 5.41) is 0. The first-order valence-corrected chi connectivity index (χ1v) is 6.39. The van der Waals surface area contributed by atoms with Crippen molar-refractivity contribution < 1.29 is 4.74 Å². The molecule has 1 N–H and O–H groups in total. The van der Waals surface area contributed by atoms with Crippen molar-refractivity contribution in [1.82, 2.24) is 9.97 Å². The van der Waals surface area contributed by atoms with Crippen molar-refractivity contribution in [3.63, 3.8) is 0 Å². The molecule has 3 nitrogen and oxygen atoms in total. The minimum atomic E-state index is 0.429. The molecule has 3 rings (SSSR count). The number of hydrogen-bond acceptors (Lipinski definition) is 2. The van der Waals surface area contributed by atoms with Crippen molar-refractivity contribution in [1.29, 1.82) is 0 Å². The second kappa shape index (κ2) is 4.49. The van der Waals surface area contributed by atoms with Crippen LogP contribution in [-0.4, -0.2) is 22.7 Å². The number of fused-ring (bicyclic) bond motifs is 1. The van der Waals surface area contributed by atoms with Gasteiger partial charge in [0, 0.05) is 12.5 Å². The van der Waals surface area contributed by atoms with Gasteiger partial charge in [-0.3, -0.25) is 0 Å². The maximum Gasteiger partial charge on any atom is 0.110 e. The number of H-pyrrole nitrogens is 1.